The smallest absolute Gasteiger partial charge is 0.267 e. The van der Waals surface area contributed by atoms with E-state index in [0.717, 1.165) is 40.1 Å². The van der Waals surface area contributed by atoms with E-state index in [4.69, 9.17) is 10.8 Å². The minimum atomic E-state index is -0.129. The topological polar surface area (TPSA) is 102 Å². The molecule has 4 aromatic rings. The van der Waals surface area contributed by atoms with E-state index in [-0.39, 0.29) is 5.91 Å². The van der Waals surface area contributed by atoms with E-state index in [2.05, 4.69) is 22.2 Å². The number of rotatable bonds is 7. The summed E-state index contributed by atoms with van der Waals surface area (Å²) in [4.78, 5) is 20.1. The van der Waals surface area contributed by atoms with Gasteiger partial charge in [-0.05, 0) is 43.0 Å². The SMILES string of the molecule is CCn1cc(-c2ccnc3[nH]c(C(=O)NCCSC)cc23)c(-c2ccc(N)cc2)n1. The molecule has 0 radical (unpaired) electrons. The Kier molecular flexibility index (Phi) is 5.76. The van der Waals surface area contributed by atoms with Crippen LogP contribution in [0.3, 0.4) is 0 Å². The van der Waals surface area contributed by atoms with Crippen LogP contribution in [0.2, 0.25) is 0 Å². The van der Waals surface area contributed by atoms with Crippen molar-refractivity contribution < 1.29 is 4.79 Å². The highest BCUT2D eigenvalue weighted by Gasteiger charge is 2.18. The number of carbonyl (C=O) groups is 1. The highest BCUT2D eigenvalue weighted by Crippen LogP contribution is 2.35. The normalized spacial score (nSPS) is 11.1. The van der Waals surface area contributed by atoms with E-state index >= 15 is 0 Å². The lowest BCUT2D eigenvalue weighted by Gasteiger charge is -2.04. The number of nitrogens with two attached hydrogens (primary N) is 1. The second-order valence-electron chi connectivity index (χ2n) is 6.92. The Hall–Kier alpha value is -3.26. The zero-order chi connectivity index (χ0) is 21.1. The summed E-state index contributed by atoms with van der Waals surface area (Å²) in [5.41, 5.74) is 11.6. The summed E-state index contributed by atoms with van der Waals surface area (Å²) in [5.74, 6) is 0.743. The average Bonchev–Trinajstić information content (AvgIpc) is 3.38. The van der Waals surface area contributed by atoms with Gasteiger partial charge in [-0.3, -0.25) is 9.48 Å². The number of H-pyrrole nitrogens is 1. The Morgan fingerprint density at radius 3 is 2.77 bits per heavy atom. The van der Waals surface area contributed by atoms with Crippen LogP contribution in [0.25, 0.3) is 33.4 Å². The van der Waals surface area contributed by atoms with Crippen molar-refractivity contribution in [2.45, 2.75) is 13.5 Å². The monoisotopic (exact) mass is 420 g/mol. The zero-order valence-corrected chi connectivity index (χ0v) is 17.8. The van der Waals surface area contributed by atoms with Gasteiger partial charge >= 0.3 is 0 Å². The van der Waals surface area contributed by atoms with Crippen LogP contribution in [0.15, 0.2) is 48.8 Å². The standard InChI is InChI=1S/C22H24N6OS/c1-3-28-13-18(20(27-28)14-4-6-15(23)7-5-14)16-8-9-24-21-17(16)12-19(26-21)22(29)25-10-11-30-2/h4-9,12-13H,3,10-11,23H2,1-2H3,(H,24,26)(H,25,29). The number of nitrogens with one attached hydrogen (secondary N) is 2. The van der Waals surface area contributed by atoms with Crippen LogP contribution < -0.4 is 11.1 Å². The van der Waals surface area contributed by atoms with Gasteiger partial charge in [0.2, 0.25) is 0 Å². The first kappa shape index (κ1) is 20.0. The van der Waals surface area contributed by atoms with Crippen molar-refractivity contribution in [3.05, 3.63) is 54.5 Å². The lowest BCUT2D eigenvalue weighted by Crippen LogP contribution is -2.25. The number of carbonyl (C=O) groups excluding carboxylic acids is 1. The number of hydrogen-bond donors (Lipinski definition) is 3. The van der Waals surface area contributed by atoms with Crippen LogP contribution in [-0.4, -0.2) is 44.2 Å². The number of aromatic amines is 1. The summed E-state index contributed by atoms with van der Waals surface area (Å²) in [6.45, 7) is 3.44. The summed E-state index contributed by atoms with van der Waals surface area (Å²) in [6.07, 6.45) is 5.80. The van der Waals surface area contributed by atoms with E-state index in [9.17, 15) is 4.79 Å². The van der Waals surface area contributed by atoms with Crippen LogP contribution in [0, 0.1) is 0 Å². The first-order valence-electron chi connectivity index (χ1n) is 9.79. The molecule has 154 valence electrons. The first-order chi connectivity index (χ1) is 14.6. The maximum absolute atomic E-state index is 12.5. The molecule has 7 nitrogen and oxygen atoms in total. The maximum Gasteiger partial charge on any atom is 0.267 e. The molecule has 8 heteroatoms. The molecule has 30 heavy (non-hydrogen) atoms. The largest absolute Gasteiger partial charge is 0.399 e. The number of benzene rings is 1. The number of aryl methyl sites for hydroxylation is 1. The molecule has 1 aromatic carbocycles. The van der Waals surface area contributed by atoms with Gasteiger partial charge in [-0.15, -0.1) is 0 Å². The third-order valence-corrected chi connectivity index (χ3v) is 5.54. The molecule has 0 aliphatic rings. The van der Waals surface area contributed by atoms with Gasteiger partial charge < -0.3 is 16.0 Å². The van der Waals surface area contributed by atoms with Gasteiger partial charge in [0.1, 0.15) is 17.0 Å². The minimum absolute atomic E-state index is 0.129. The molecular weight excluding hydrogens is 396 g/mol. The van der Waals surface area contributed by atoms with Gasteiger partial charge in [-0.1, -0.05) is 12.1 Å². The summed E-state index contributed by atoms with van der Waals surface area (Å²) < 4.78 is 1.91. The lowest BCUT2D eigenvalue weighted by molar-refractivity contribution is 0.0952. The zero-order valence-electron chi connectivity index (χ0n) is 17.0. The first-order valence-corrected chi connectivity index (χ1v) is 11.2. The minimum Gasteiger partial charge on any atom is -0.399 e. The summed E-state index contributed by atoms with van der Waals surface area (Å²) in [6, 6.07) is 11.5. The molecule has 4 rings (SSSR count). The Bertz CT molecular complexity index is 1180. The quantitative estimate of drug-likeness (QED) is 0.312. The van der Waals surface area contributed by atoms with E-state index < -0.39 is 0 Å². The molecule has 0 spiro atoms. The van der Waals surface area contributed by atoms with Crippen molar-refractivity contribution in [2.24, 2.45) is 0 Å². The fraction of sp³-hybridized carbons (Fsp3) is 0.227. The third kappa shape index (κ3) is 3.91. The Balaban J connectivity index is 1.79. The average molecular weight is 421 g/mol. The van der Waals surface area contributed by atoms with Crippen molar-refractivity contribution in [2.75, 3.05) is 24.3 Å². The van der Waals surface area contributed by atoms with Gasteiger partial charge in [0, 0.05) is 53.4 Å². The van der Waals surface area contributed by atoms with E-state index in [1.165, 1.54) is 0 Å². The molecule has 3 aromatic heterocycles. The number of hydrogen-bond acceptors (Lipinski definition) is 5. The van der Waals surface area contributed by atoms with Crippen molar-refractivity contribution in [3.63, 3.8) is 0 Å². The van der Waals surface area contributed by atoms with E-state index in [1.807, 2.05) is 53.5 Å². The predicted molar refractivity (Wildman–Crippen MR) is 124 cm³/mol. The van der Waals surface area contributed by atoms with Crippen LogP contribution in [0.1, 0.15) is 17.4 Å². The number of aromatic nitrogens is 4. The van der Waals surface area contributed by atoms with E-state index in [0.29, 0.717) is 23.6 Å². The molecule has 0 bridgehead atoms. The number of nitrogen functional groups attached to an aromatic ring is 1. The number of amides is 1. The van der Waals surface area contributed by atoms with Crippen molar-refractivity contribution in [1.29, 1.82) is 0 Å². The summed E-state index contributed by atoms with van der Waals surface area (Å²) in [7, 11) is 0. The van der Waals surface area contributed by atoms with Crippen molar-refractivity contribution in [3.8, 4) is 22.4 Å². The summed E-state index contributed by atoms with van der Waals surface area (Å²) in [5, 5.41) is 8.58. The van der Waals surface area contributed by atoms with Crippen LogP contribution in [-0.2, 0) is 6.54 Å². The molecule has 0 saturated carbocycles. The predicted octanol–water partition coefficient (Wildman–Crippen LogP) is 3.79. The fourth-order valence-corrected chi connectivity index (χ4v) is 3.69. The van der Waals surface area contributed by atoms with Crippen molar-refractivity contribution in [1.82, 2.24) is 25.1 Å². The molecular formula is C22H24N6OS. The number of nitrogens with zero attached hydrogens (tertiary/aromatic N) is 3. The summed E-state index contributed by atoms with van der Waals surface area (Å²) >= 11 is 1.69. The fourth-order valence-electron chi connectivity index (χ4n) is 3.38. The number of anilines is 1. The van der Waals surface area contributed by atoms with Gasteiger partial charge in [0.15, 0.2) is 0 Å². The van der Waals surface area contributed by atoms with Crippen LogP contribution in [0.4, 0.5) is 5.69 Å². The molecule has 0 saturated heterocycles. The van der Waals surface area contributed by atoms with Gasteiger partial charge in [-0.25, -0.2) is 4.98 Å². The van der Waals surface area contributed by atoms with Gasteiger partial charge in [0.25, 0.3) is 5.91 Å². The highest BCUT2D eigenvalue weighted by atomic mass is 32.2. The Morgan fingerprint density at radius 1 is 1.23 bits per heavy atom. The van der Waals surface area contributed by atoms with Crippen LogP contribution >= 0.6 is 11.8 Å². The van der Waals surface area contributed by atoms with Crippen molar-refractivity contribution >= 4 is 34.4 Å². The highest BCUT2D eigenvalue weighted by molar-refractivity contribution is 7.98. The number of fused-ring (bicyclic) bond motifs is 1. The lowest BCUT2D eigenvalue weighted by atomic mass is 10.00. The Labute approximate surface area is 179 Å². The molecule has 0 unspecified atom stereocenters. The second kappa shape index (κ2) is 8.62. The molecule has 4 N–H and O–H groups in total. The molecule has 1 amide bonds. The molecule has 0 aliphatic carbocycles. The molecule has 0 aliphatic heterocycles. The number of pyridine rings is 1. The maximum atomic E-state index is 12.5. The van der Waals surface area contributed by atoms with Gasteiger partial charge in [-0.2, -0.15) is 16.9 Å². The van der Waals surface area contributed by atoms with Gasteiger partial charge in [0.05, 0.1) is 0 Å². The van der Waals surface area contributed by atoms with Crippen LogP contribution in [0.5, 0.6) is 0 Å². The Morgan fingerprint density at radius 2 is 2.03 bits per heavy atom. The second-order valence-corrected chi connectivity index (χ2v) is 7.91. The van der Waals surface area contributed by atoms with E-state index in [1.54, 1.807) is 18.0 Å². The number of thioether (sulfide) groups is 1. The molecule has 0 atom stereocenters. The third-order valence-electron chi connectivity index (χ3n) is 4.93. The molecule has 0 fully saturated rings. The molecule has 3 heterocycles.